The zero-order valence-electron chi connectivity index (χ0n) is 15.0. The lowest BCUT2D eigenvalue weighted by Gasteiger charge is -2.16. The van der Waals surface area contributed by atoms with Gasteiger partial charge in [-0.3, -0.25) is 4.79 Å². The number of carbonyl (C=O) groups is 2. The Bertz CT molecular complexity index is 804. The lowest BCUT2D eigenvalue weighted by atomic mass is 10.3. The minimum atomic E-state index is -0.742. The highest BCUT2D eigenvalue weighted by Crippen LogP contribution is 2.28. The summed E-state index contributed by atoms with van der Waals surface area (Å²) in [6.07, 6.45) is 0. The molecule has 0 aliphatic rings. The zero-order valence-corrected chi connectivity index (χ0v) is 15.0. The van der Waals surface area contributed by atoms with Crippen molar-refractivity contribution in [3.8, 4) is 23.5 Å². The largest absolute Gasteiger partial charge is 0.481 e. The molecule has 1 amide bonds. The van der Waals surface area contributed by atoms with Crippen LogP contribution >= 0.6 is 0 Å². The molecule has 2 rings (SSSR count). The summed E-state index contributed by atoms with van der Waals surface area (Å²) >= 11 is 0. The van der Waals surface area contributed by atoms with E-state index in [0.29, 0.717) is 0 Å². The Kier molecular flexibility index (Phi) is 5.89. The fourth-order valence-corrected chi connectivity index (χ4v) is 1.85. The number of amides is 1. The third-order valence-corrected chi connectivity index (χ3v) is 3.32. The lowest BCUT2D eigenvalue weighted by Crippen LogP contribution is -2.24. The highest BCUT2D eigenvalue weighted by Gasteiger charge is 2.20. The van der Waals surface area contributed by atoms with Gasteiger partial charge in [0.15, 0.2) is 11.4 Å². The lowest BCUT2D eigenvalue weighted by molar-refractivity contribution is -0.116. The molecule has 0 saturated carbocycles. The van der Waals surface area contributed by atoms with E-state index in [-0.39, 0.29) is 40.9 Å². The molecule has 10 heteroatoms. The minimum Gasteiger partial charge on any atom is -0.481 e. The van der Waals surface area contributed by atoms with Gasteiger partial charge in [0, 0.05) is 14.0 Å². The van der Waals surface area contributed by atoms with Crippen LogP contribution in [0.4, 0.5) is 5.82 Å². The molecule has 0 fully saturated rings. The molecule has 10 nitrogen and oxygen atoms in total. The van der Waals surface area contributed by atoms with E-state index in [1.54, 1.807) is 0 Å². The van der Waals surface area contributed by atoms with Gasteiger partial charge in [0.25, 0.3) is 0 Å². The maximum Gasteiger partial charge on any atom is 0.360 e. The predicted molar refractivity (Wildman–Crippen MR) is 89.9 cm³/mol. The third kappa shape index (κ3) is 4.15. The van der Waals surface area contributed by atoms with E-state index in [1.165, 1.54) is 58.4 Å². The van der Waals surface area contributed by atoms with Crippen molar-refractivity contribution < 1.29 is 28.5 Å². The molecule has 0 unspecified atom stereocenters. The second kappa shape index (κ2) is 8.10. The van der Waals surface area contributed by atoms with Crippen LogP contribution in [0, 0.1) is 0 Å². The Balaban J connectivity index is 2.45. The molecule has 0 bridgehead atoms. The number of hydrogen-bond donors (Lipinski definition) is 0. The summed E-state index contributed by atoms with van der Waals surface area (Å²) in [5.74, 6) is -0.251. The fraction of sp³-hybridized carbons (Fsp3) is 0.312. The van der Waals surface area contributed by atoms with Crippen LogP contribution in [0.1, 0.15) is 17.4 Å². The zero-order chi connectivity index (χ0) is 19.3. The highest BCUT2D eigenvalue weighted by molar-refractivity contribution is 5.93. The Morgan fingerprint density at radius 1 is 1.00 bits per heavy atom. The van der Waals surface area contributed by atoms with E-state index < -0.39 is 5.97 Å². The van der Waals surface area contributed by atoms with Crippen molar-refractivity contribution in [3.05, 3.63) is 23.9 Å². The highest BCUT2D eigenvalue weighted by atomic mass is 16.5. The van der Waals surface area contributed by atoms with Crippen molar-refractivity contribution in [1.82, 2.24) is 15.0 Å². The molecule has 2 heterocycles. The molecular weight excluding hydrogens is 344 g/mol. The summed E-state index contributed by atoms with van der Waals surface area (Å²) in [7, 11) is 5.60. The van der Waals surface area contributed by atoms with Gasteiger partial charge in [-0.15, -0.1) is 0 Å². The average molecular weight is 362 g/mol. The van der Waals surface area contributed by atoms with E-state index in [4.69, 9.17) is 18.9 Å². The third-order valence-electron chi connectivity index (χ3n) is 3.32. The van der Waals surface area contributed by atoms with Gasteiger partial charge in [-0.05, 0) is 12.1 Å². The summed E-state index contributed by atoms with van der Waals surface area (Å²) in [6.45, 7) is 1.38. The van der Waals surface area contributed by atoms with Crippen LogP contribution < -0.4 is 19.1 Å². The van der Waals surface area contributed by atoms with Crippen molar-refractivity contribution in [2.24, 2.45) is 0 Å². The van der Waals surface area contributed by atoms with E-state index >= 15 is 0 Å². The molecule has 2 aromatic heterocycles. The summed E-state index contributed by atoms with van der Waals surface area (Å²) in [5.41, 5.74) is -0.136. The SMILES string of the molecule is COC(=O)c1nc(N(C)C(C)=O)ccc1Oc1nc(OC)cc(OC)n1. The van der Waals surface area contributed by atoms with Crippen LogP contribution in [0.25, 0.3) is 0 Å². The first kappa shape index (κ1) is 18.9. The van der Waals surface area contributed by atoms with Gasteiger partial charge >= 0.3 is 12.0 Å². The molecule has 0 aliphatic heterocycles. The van der Waals surface area contributed by atoms with E-state index in [1.807, 2.05) is 0 Å². The molecular formula is C16H18N4O6. The van der Waals surface area contributed by atoms with Crippen molar-refractivity contribution >= 4 is 17.7 Å². The van der Waals surface area contributed by atoms with Crippen molar-refractivity contribution in [2.75, 3.05) is 33.3 Å². The van der Waals surface area contributed by atoms with Crippen molar-refractivity contribution in [1.29, 1.82) is 0 Å². The average Bonchev–Trinajstić information content (AvgIpc) is 2.66. The van der Waals surface area contributed by atoms with E-state index in [9.17, 15) is 9.59 Å². The number of carbonyl (C=O) groups excluding carboxylic acids is 2. The minimum absolute atomic E-state index is 0.0489. The van der Waals surface area contributed by atoms with Crippen LogP contribution in [0.3, 0.4) is 0 Å². The number of pyridine rings is 1. The smallest absolute Gasteiger partial charge is 0.360 e. The Hall–Kier alpha value is -3.43. The van der Waals surface area contributed by atoms with Gasteiger partial charge in [-0.2, -0.15) is 9.97 Å². The monoisotopic (exact) mass is 362 g/mol. The molecule has 138 valence electrons. The molecule has 0 N–H and O–H groups in total. The molecule has 0 aliphatic carbocycles. The van der Waals surface area contributed by atoms with E-state index in [2.05, 4.69) is 15.0 Å². The first-order chi connectivity index (χ1) is 12.4. The van der Waals surface area contributed by atoms with Crippen LogP contribution in [-0.4, -0.2) is 55.2 Å². The molecule has 0 spiro atoms. The molecule has 0 radical (unpaired) electrons. The number of rotatable bonds is 6. The normalized spacial score (nSPS) is 10.0. The maximum atomic E-state index is 12.1. The number of anilines is 1. The second-order valence-electron chi connectivity index (χ2n) is 4.92. The first-order valence-corrected chi connectivity index (χ1v) is 7.38. The van der Waals surface area contributed by atoms with Crippen LogP contribution in [0.15, 0.2) is 18.2 Å². The van der Waals surface area contributed by atoms with Gasteiger partial charge in [-0.1, -0.05) is 0 Å². The number of aromatic nitrogens is 3. The first-order valence-electron chi connectivity index (χ1n) is 7.38. The summed E-state index contributed by atoms with van der Waals surface area (Å²) < 4.78 is 20.4. The number of hydrogen-bond acceptors (Lipinski definition) is 9. The van der Waals surface area contributed by atoms with Gasteiger partial charge < -0.3 is 23.8 Å². The molecule has 2 aromatic rings. The van der Waals surface area contributed by atoms with Crippen LogP contribution in [0.2, 0.25) is 0 Å². The van der Waals surface area contributed by atoms with E-state index in [0.717, 1.165) is 0 Å². The number of nitrogens with zero attached hydrogens (tertiary/aromatic N) is 4. The summed E-state index contributed by atoms with van der Waals surface area (Å²) in [5, 5.41) is 0. The fourth-order valence-electron chi connectivity index (χ4n) is 1.85. The predicted octanol–water partition coefficient (Wildman–Crippen LogP) is 1.45. The summed E-state index contributed by atoms with van der Waals surface area (Å²) in [4.78, 5) is 37.0. The topological polar surface area (TPSA) is 113 Å². The maximum absolute atomic E-state index is 12.1. The van der Waals surface area contributed by atoms with Gasteiger partial charge in [0.1, 0.15) is 5.82 Å². The molecule has 0 aromatic carbocycles. The molecule has 26 heavy (non-hydrogen) atoms. The van der Waals surface area contributed by atoms with Gasteiger partial charge in [0.05, 0.1) is 27.4 Å². The Labute approximate surface area is 149 Å². The van der Waals surface area contributed by atoms with Crippen molar-refractivity contribution in [3.63, 3.8) is 0 Å². The number of ether oxygens (including phenoxy) is 4. The summed E-state index contributed by atoms with van der Waals surface area (Å²) in [6, 6.07) is 4.34. The molecule has 0 saturated heterocycles. The number of esters is 1. The molecule has 0 atom stereocenters. The van der Waals surface area contributed by atoms with Crippen molar-refractivity contribution in [2.45, 2.75) is 6.92 Å². The Morgan fingerprint density at radius 2 is 1.62 bits per heavy atom. The van der Waals surface area contributed by atoms with Crippen LogP contribution in [0.5, 0.6) is 23.5 Å². The Morgan fingerprint density at radius 3 is 2.12 bits per heavy atom. The van der Waals surface area contributed by atoms with Gasteiger partial charge in [0.2, 0.25) is 17.7 Å². The van der Waals surface area contributed by atoms with Crippen LogP contribution in [-0.2, 0) is 9.53 Å². The second-order valence-corrected chi connectivity index (χ2v) is 4.92. The standard InChI is InChI=1S/C16H18N4O6/c1-9(21)20(2)11-7-6-10(14(17-11)15(22)25-5)26-16-18-12(23-3)8-13(19-16)24-4/h6-8H,1-5H3. The number of methoxy groups -OCH3 is 3. The van der Waals surface area contributed by atoms with Gasteiger partial charge in [-0.25, -0.2) is 9.78 Å². The quantitative estimate of drug-likeness (QED) is 0.704.